The van der Waals surface area contributed by atoms with Gasteiger partial charge in [-0.2, -0.15) is 5.10 Å². The lowest BCUT2D eigenvalue weighted by Gasteiger charge is -2.33. The molecule has 4 rings (SSSR count). The summed E-state index contributed by atoms with van der Waals surface area (Å²) in [5, 5.41) is 7.63. The molecule has 0 aromatic carbocycles. The molecule has 1 aromatic rings. The van der Waals surface area contributed by atoms with Crippen LogP contribution in [0.2, 0.25) is 0 Å². The van der Waals surface area contributed by atoms with E-state index >= 15 is 0 Å². The van der Waals surface area contributed by atoms with E-state index < -0.39 is 0 Å². The van der Waals surface area contributed by atoms with Crippen LogP contribution < -0.4 is 5.32 Å². The van der Waals surface area contributed by atoms with Gasteiger partial charge in [-0.15, -0.1) is 0 Å². The monoisotopic (exact) mass is 346 g/mol. The van der Waals surface area contributed by atoms with Gasteiger partial charge in [-0.1, -0.05) is 0 Å². The Balaban J connectivity index is 1.43. The minimum atomic E-state index is -0.303. The number of methoxy groups -OCH3 is 1. The van der Waals surface area contributed by atoms with Gasteiger partial charge >= 0.3 is 12.0 Å². The number of rotatable bonds is 4. The highest BCUT2D eigenvalue weighted by Gasteiger charge is 2.40. The fourth-order valence-corrected chi connectivity index (χ4v) is 3.66. The molecule has 1 aliphatic heterocycles. The minimum absolute atomic E-state index is 0.0183. The number of likely N-dealkylation sites (tertiary alicyclic amines) is 1. The third-order valence-corrected chi connectivity index (χ3v) is 5.71. The van der Waals surface area contributed by atoms with Crippen LogP contribution in [0.3, 0.4) is 0 Å². The number of nitrogens with zero attached hydrogens (tertiary/aromatic N) is 3. The molecule has 0 radical (unpaired) electrons. The van der Waals surface area contributed by atoms with E-state index in [0.29, 0.717) is 11.5 Å². The Morgan fingerprint density at radius 2 is 1.92 bits per heavy atom. The molecule has 0 atom stereocenters. The summed E-state index contributed by atoms with van der Waals surface area (Å²) in [6.45, 7) is 3.55. The summed E-state index contributed by atoms with van der Waals surface area (Å²) in [5.41, 5.74) is 1.65. The van der Waals surface area contributed by atoms with E-state index in [9.17, 15) is 9.59 Å². The Hall–Kier alpha value is -2.05. The van der Waals surface area contributed by atoms with Crippen molar-refractivity contribution in [2.75, 3.05) is 20.2 Å². The molecule has 1 N–H and O–H groups in total. The van der Waals surface area contributed by atoms with Crippen molar-refractivity contribution < 1.29 is 14.3 Å². The van der Waals surface area contributed by atoms with E-state index in [0.717, 1.165) is 57.3 Å². The van der Waals surface area contributed by atoms with Crippen molar-refractivity contribution in [2.45, 2.75) is 62.9 Å². The molecule has 136 valence electrons. The largest absolute Gasteiger partial charge is 0.465 e. The zero-order valence-electron chi connectivity index (χ0n) is 15.0. The van der Waals surface area contributed by atoms with Crippen molar-refractivity contribution in [3.63, 3.8) is 0 Å². The second-order valence-electron chi connectivity index (χ2n) is 7.86. The van der Waals surface area contributed by atoms with Crippen molar-refractivity contribution in [3.8, 4) is 0 Å². The average molecular weight is 346 g/mol. The number of urea groups is 1. The molecule has 1 saturated heterocycles. The standard InChI is InChI=1S/C18H26N4O3/c1-18(7-8-18)20-17(24)21-9-5-13(6-10-21)22-15(12-3-4-12)14(11-19-22)16(23)25-2/h11-13H,3-10H2,1-2H3,(H,20,24). The number of esters is 1. The summed E-state index contributed by atoms with van der Waals surface area (Å²) < 4.78 is 6.93. The van der Waals surface area contributed by atoms with Crippen LogP contribution >= 0.6 is 0 Å². The Kier molecular flexibility index (Phi) is 3.96. The lowest BCUT2D eigenvalue weighted by molar-refractivity contribution is 0.0599. The fraction of sp³-hybridized carbons (Fsp3) is 0.722. The van der Waals surface area contributed by atoms with E-state index in [4.69, 9.17) is 4.74 Å². The topological polar surface area (TPSA) is 76.5 Å². The number of ether oxygens (including phenoxy) is 1. The van der Waals surface area contributed by atoms with Gasteiger partial charge in [0.15, 0.2) is 0 Å². The minimum Gasteiger partial charge on any atom is -0.465 e. The highest BCUT2D eigenvalue weighted by molar-refractivity contribution is 5.90. The SMILES string of the molecule is COC(=O)c1cnn(C2CCN(C(=O)NC3(C)CC3)CC2)c1C1CC1. The molecule has 3 fully saturated rings. The van der Waals surface area contributed by atoms with Gasteiger partial charge in [-0.05, 0) is 45.4 Å². The first kappa shape index (κ1) is 16.4. The molecular formula is C18H26N4O3. The second kappa shape index (κ2) is 6.04. The van der Waals surface area contributed by atoms with Crippen molar-refractivity contribution >= 4 is 12.0 Å². The molecule has 7 nitrogen and oxygen atoms in total. The molecule has 3 aliphatic rings. The summed E-state index contributed by atoms with van der Waals surface area (Å²) in [7, 11) is 1.41. The average Bonchev–Trinajstić information content (AvgIpc) is 3.54. The number of nitrogens with one attached hydrogen (secondary N) is 1. The van der Waals surface area contributed by atoms with E-state index in [1.807, 2.05) is 9.58 Å². The molecule has 7 heteroatoms. The molecule has 2 saturated carbocycles. The Bertz CT molecular complexity index is 682. The summed E-state index contributed by atoms with van der Waals surface area (Å²) in [6.07, 6.45) is 7.74. The van der Waals surface area contributed by atoms with Crippen LogP contribution in [0.15, 0.2) is 6.20 Å². The zero-order chi connectivity index (χ0) is 17.6. The van der Waals surface area contributed by atoms with Gasteiger partial charge in [0, 0.05) is 24.5 Å². The van der Waals surface area contributed by atoms with Gasteiger partial charge < -0.3 is 15.0 Å². The van der Waals surface area contributed by atoms with Crippen LogP contribution in [0.4, 0.5) is 4.79 Å². The second-order valence-corrected chi connectivity index (χ2v) is 7.86. The number of piperidine rings is 1. The lowest BCUT2D eigenvalue weighted by Crippen LogP contribution is -2.48. The molecule has 25 heavy (non-hydrogen) atoms. The normalized spacial score (nSPS) is 22.6. The molecule has 2 heterocycles. The van der Waals surface area contributed by atoms with Crippen LogP contribution in [0.1, 0.15) is 73.5 Å². The van der Waals surface area contributed by atoms with E-state index in [2.05, 4.69) is 17.3 Å². The van der Waals surface area contributed by atoms with Gasteiger partial charge in [0.1, 0.15) is 5.56 Å². The molecule has 0 spiro atoms. The molecule has 1 aromatic heterocycles. The first-order valence-corrected chi connectivity index (χ1v) is 9.23. The summed E-state index contributed by atoms with van der Waals surface area (Å²) in [5.74, 6) is 0.121. The highest BCUT2D eigenvalue weighted by Crippen LogP contribution is 2.43. The number of amides is 2. The number of hydrogen-bond acceptors (Lipinski definition) is 4. The van der Waals surface area contributed by atoms with Gasteiger partial charge in [0.25, 0.3) is 0 Å². The van der Waals surface area contributed by atoms with Crippen LogP contribution in [-0.4, -0.2) is 52.4 Å². The third-order valence-electron chi connectivity index (χ3n) is 5.71. The predicted octanol–water partition coefficient (Wildman–Crippen LogP) is 2.45. The predicted molar refractivity (Wildman–Crippen MR) is 91.6 cm³/mol. The van der Waals surface area contributed by atoms with E-state index in [1.54, 1.807) is 6.20 Å². The van der Waals surface area contributed by atoms with Gasteiger partial charge in [0.2, 0.25) is 0 Å². The molecular weight excluding hydrogens is 320 g/mol. The van der Waals surface area contributed by atoms with Crippen LogP contribution in [-0.2, 0) is 4.74 Å². The number of carbonyl (C=O) groups is 2. The Labute approximate surface area is 147 Å². The third kappa shape index (κ3) is 3.24. The van der Waals surface area contributed by atoms with Crippen LogP contribution in [0.5, 0.6) is 0 Å². The maximum atomic E-state index is 12.3. The molecule has 2 aliphatic carbocycles. The lowest BCUT2D eigenvalue weighted by atomic mass is 10.0. The number of hydrogen-bond donors (Lipinski definition) is 1. The summed E-state index contributed by atoms with van der Waals surface area (Å²) >= 11 is 0. The van der Waals surface area contributed by atoms with E-state index in [-0.39, 0.29) is 23.6 Å². The first-order chi connectivity index (χ1) is 12.0. The van der Waals surface area contributed by atoms with Crippen LogP contribution in [0.25, 0.3) is 0 Å². The smallest absolute Gasteiger partial charge is 0.341 e. The van der Waals surface area contributed by atoms with Crippen molar-refractivity contribution in [1.82, 2.24) is 20.0 Å². The van der Waals surface area contributed by atoms with Crippen molar-refractivity contribution in [1.29, 1.82) is 0 Å². The summed E-state index contributed by atoms with van der Waals surface area (Å²) in [6, 6.07) is 0.297. The van der Waals surface area contributed by atoms with Crippen molar-refractivity contribution in [3.05, 3.63) is 17.5 Å². The number of aromatic nitrogens is 2. The summed E-state index contributed by atoms with van der Waals surface area (Å²) in [4.78, 5) is 26.3. The number of carbonyl (C=O) groups excluding carboxylic acids is 2. The first-order valence-electron chi connectivity index (χ1n) is 9.23. The molecule has 0 unspecified atom stereocenters. The Morgan fingerprint density at radius 1 is 1.24 bits per heavy atom. The fourth-order valence-electron chi connectivity index (χ4n) is 3.66. The van der Waals surface area contributed by atoms with Gasteiger partial charge in [0.05, 0.1) is 25.0 Å². The Morgan fingerprint density at radius 3 is 2.48 bits per heavy atom. The van der Waals surface area contributed by atoms with Gasteiger partial charge in [-0.25, -0.2) is 9.59 Å². The van der Waals surface area contributed by atoms with Gasteiger partial charge in [-0.3, -0.25) is 4.68 Å². The van der Waals surface area contributed by atoms with E-state index in [1.165, 1.54) is 7.11 Å². The maximum absolute atomic E-state index is 12.3. The molecule has 0 bridgehead atoms. The maximum Gasteiger partial charge on any atom is 0.341 e. The zero-order valence-corrected chi connectivity index (χ0v) is 15.0. The molecule has 2 amide bonds. The van der Waals surface area contributed by atoms with Crippen LogP contribution in [0, 0.1) is 0 Å². The highest BCUT2D eigenvalue weighted by atomic mass is 16.5. The van der Waals surface area contributed by atoms with Crippen molar-refractivity contribution in [2.24, 2.45) is 0 Å². The quantitative estimate of drug-likeness (QED) is 0.850.